The number of hydrogen-bond acceptors (Lipinski definition) is 2. The molecule has 108 valence electrons. The minimum atomic E-state index is -1.18. The first-order valence-corrected chi connectivity index (χ1v) is 7.51. The Morgan fingerprint density at radius 2 is 1.50 bits per heavy atom. The zero-order chi connectivity index (χ0) is 14.0. The van der Waals surface area contributed by atoms with E-state index >= 15 is 0 Å². The van der Waals surface area contributed by atoms with Crippen molar-refractivity contribution in [2.24, 2.45) is 0 Å². The van der Waals surface area contributed by atoms with Crippen molar-refractivity contribution >= 4 is 5.91 Å². The average Bonchev–Trinajstić information content (AvgIpc) is 2.35. The Kier molecular flexibility index (Phi) is 9.08. The lowest BCUT2D eigenvalue weighted by atomic mass is 9.96. The monoisotopic (exact) mass is 257 g/mol. The van der Waals surface area contributed by atoms with Crippen LogP contribution in [0, 0.1) is 0 Å². The van der Waals surface area contributed by atoms with Crippen LogP contribution < -0.4 is 0 Å². The number of nitrogens with zero attached hydrogens (tertiary/aromatic N) is 1. The van der Waals surface area contributed by atoms with E-state index < -0.39 is 5.60 Å². The summed E-state index contributed by atoms with van der Waals surface area (Å²) in [4.78, 5) is 13.8. The van der Waals surface area contributed by atoms with Gasteiger partial charge in [0.05, 0.1) is 0 Å². The van der Waals surface area contributed by atoms with Crippen LogP contribution in [-0.4, -0.2) is 34.6 Å². The van der Waals surface area contributed by atoms with Gasteiger partial charge in [-0.25, -0.2) is 0 Å². The minimum absolute atomic E-state index is 0.124. The first-order valence-electron chi connectivity index (χ1n) is 7.51. The second-order valence-corrected chi connectivity index (χ2v) is 5.27. The quantitative estimate of drug-likeness (QED) is 0.610. The molecule has 0 saturated carbocycles. The number of rotatable bonds is 10. The molecule has 0 aliphatic rings. The largest absolute Gasteiger partial charge is 0.380 e. The Hall–Kier alpha value is -0.570. The molecule has 0 aromatic heterocycles. The lowest BCUT2D eigenvalue weighted by molar-refractivity contribution is -0.149. The standard InChI is InChI=1S/C15H31NO2/c1-5-8-9-10-11-12-13-15(4,18)14(17)16(6-2)7-3/h18H,5-13H2,1-4H3. The van der Waals surface area contributed by atoms with Gasteiger partial charge in [0.15, 0.2) is 0 Å². The number of aliphatic hydroxyl groups is 1. The van der Waals surface area contributed by atoms with Crippen LogP contribution in [-0.2, 0) is 4.79 Å². The van der Waals surface area contributed by atoms with Gasteiger partial charge in [-0.1, -0.05) is 45.4 Å². The van der Waals surface area contributed by atoms with Crippen molar-refractivity contribution in [3.8, 4) is 0 Å². The second kappa shape index (κ2) is 9.37. The van der Waals surface area contributed by atoms with Gasteiger partial charge in [-0.3, -0.25) is 4.79 Å². The highest BCUT2D eigenvalue weighted by atomic mass is 16.3. The maximum atomic E-state index is 12.1. The van der Waals surface area contributed by atoms with E-state index in [1.165, 1.54) is 25.7 Å². The maximum absolute atomic E-state index is 12.1. The normalized spacial score (nSPS) is 14.3. The Morgan fingerprint density at radius 3 is 2.00 bits per heavy atom. The molecule has 1 atom stereocenters. The van der Waals surface area contributed by atoms with Crippen LogP contribution in [0.5, 0.6) is 0 Å². The molecule has 1 unspecified atom stereocenters. The summed E-state index contributed by atoms with van der Waals surface area (Å²) < 4.78 is 0. The molecule has 0 bridgehead atoms. The third kappa shape index (κ3) is 6.39. The first kappa shape index (κ1) is 17.4. The zero-order valence-corrected chi connectivity index (χ0v) is 12.7. The zero-order valence-electron chi connectivity index (χ0n) is 12.7. The summed E-state index contributed by atoms with van der Waals surface area (Å²) in [6.45, 7) is 9.08. The van der Waals surface area contributed by atoms with E-state index in [1.54, 1.807) is 11.8 Å². The Morgan fingerprint density at radius 1 is 1.00 bits per heavy atom. The van der Waals surface area contributed by atoms with E-state index in [9.17, 15) is 9.90 Å². The van der Waals surface area contributed by atoms with Crippen LogP contribution >= 0.6 is 0 Å². The minimum Gasteiger partial charge on any atom is -0.380 e. The highest BCUT2D eigenvalue weighted by molar-refractivity contribution is 5.84. The molecular formula is C15H31NO2. The van der Waals surface area contributed by atoms with Gasteiger partial charge in [0.1, 0.15) is 5.60 Å². The van der Waals surface area contributed by atoms with Crippen molar-refractivity contribution in [1.82, 2.24) is 4.90 Å². The summed E-state index contributed by atoms with van der Waals surface area (Å²) in [6.07, 6.45) is 7.64. The molecule has 0 aliphatic heterocycles. The molecule has 0 aromatic rings. The molecule has 0 aromatic carbocycles. The maximum Gasteiger partial charge on any atom is 0.254 e. The molecule has 0 saturated heterocycles. The first-order chi connectivity index (χ1) is 8.49. The average molecular weight is 257 g/mol. The highest BCUT2D eigenvalue weighted by Crippen LogP contribution is 2.18. The third-order valence-electron chi connectivity index (χ3n) is 3.53. The van der Waals surface area contributed by atoms with Crippen molar-refractivity contribution in [2.75, 3.05) is 13.1 Å². The molecule has 0 rings (SSSR count). The van der Waals surface area contributed by atoms with Crippen molar-refractivity contribution < 1.29 is 9.90 Å². The molecule has 0 radical (unpaired) electrons. The van der Waals surface area contributed by atoms with Gasteiger partial charge in [-0.2, -0.15) is 0 Å². The lowest BCUT2D eigenvalue weighted by Gasteiger charge is -2.29. The van der Waals surface area contributed by atoms with Gasteiger partial charge in [-0.15, -0.1) is 0 Å². The summed E-state index contributed by atoms with van der Waals surface area (Å²) in [6, 6.07) is 0. The molecule has 0 fully saturated rings. The third-order valence-corrected chi connectivity index (χ3v) is 3.53. The molecule has 1 amide bonds. The summed E-state index contributed by atoms with van der Waals surface area (Å²) in [5, 5.41) is 10.2. The van der Waals surface area contributed by atoms with E-state index in [1.807, 2.05) is 13.8 Å². The number of hydrogen-bond donors (Lipinski definition) is 1. The number of unbranched alkanes of at least 4 members (excludes halogenated alkanes) is 5. The summed E-state index contributed by atoms with van der Waals surface area (Å²) in [5.41, 5.74) is -1.18. The van der Waals surface area contributed by atoms with E-state index in [0.717, 1.165) is 12.8 Å². The Bertz CT molecular complexity index is 223. The molecule has 0 heterocycles. The predicted molar refractivity (Wildman–Crippen MR) is 76.5 cm³/mol. The fourth-order valence-electron chi connectivity index (χ4n) is 2.21. The van der Waals surface area contributed by atoms with Gasteiger partial charge in [0.25, 0.3) is 5.91 Å². The topological polar surface area (TPSA) is 40.5 Å². The lowest BCUT2D eigenvalue weighted by Crippen LogP contribution is -2.47. The van der Waals surface area contributed by atoms with Gasteiger partial charge < -0.3 is 10.0 Å². The van der Waals surface area contributed by atoms with Crippen molar-refractivity contribution in [3.63, 3.8) is 0 Å². The van der Waals surface area contributed by atoms with Crippen LogP contribution in [0.2, 0.25) is 0 Å². The van der Waals surface area contributed by atoms with E-state index in [0.29, 0.717) is 19.5 Å². The molecule has 3 nitrogen and oxygen atoms in total. The summed E-state index contributed by atoms with van der Waals surface area (Å²) >= 11 is 0. The Labute approximate surface area is 113 Å². The van der Waals surface area contributed by atoms with E-state index in [2.05, 4.69) is 6.92 Å². The number of amides is 1. The smallest absolute Gasteiger partial charge is 0.254 e. The van der Waals surface area contributed by atoms with Crippen molar-refractivity contribution in [2.45, 2.75) is 78.2 Å². The van der Waals surface area contributed by atoms with E-state index in [4.69, 9.17) is 0 Å². The predicted octanol–water partition coefficient (Wildman–Crippen LogP) is 3.36. The summed E-state index contributed by atoms with van der Waals surface area (Å²) in [5.74, 6) is -0.124. The van der Waals surface area contributed by atoms with Gasteiger partial charge in [-0.05, 0) is 27.2 Å². The van der Waals surface area contributed by atoms with Crippen LogP contribution in [0.4, 0.5) is 0 Å². The molecular weight excluding hydrogens is 226 g/mol. The highest BCUT2D eigenvalue weighted by Gasteiger charge is 2.32. The second-order valence-electron chi connectivity index (χ2n) is 5.27. The van der Waals surface area contributed by atoms with Gasteiger partial charge in [0, 0.05) is 13.1 Å². The molecule has 1 N–H and O–H groups in total. The van der Waals surface area contributed by atoms with Crippen LogP contribution in [0.3, 0.4) is 0 Å². The molecule has 18 heavy (non-hydrogen) atoms. The number of likely N-dealkylation sites (N-methyl/N-ethyl adjacent to an activating group) is 1. The van der Waals surface area contributed by atoms with Crippen LogP contribution in [0.1, 0.15) is 72.6 Å². The van der Waals surface area contributed by atoms with Gasteiger partial charge in [0.2, 0.25) is 0 Å². The fraction of sp³-hybridized carbons (Fsp3) is 0.933. The molecule has 3 heteroatoms. The van der Waals surface area contributed by atoms with Crippen LogP contribution in [0.15, 0.2) is 0 Å². The summed E-state index contributed by atoms with van der Waals surface area (Å²) in [7, 11) is 0. The SMILES string of the molecule is CCCCCCCCC(C)(O)C(=O)N(CC)CC. The van der Waals surface area contributed by atoms with Crippen molar-refractivity contribution in [3.05, 3.63) is 0 Å². The van der Waals surface area contributed by atoms with Crippen molar-refractivity contribution in [1.29, 1.82) is 0 Å². The number of carbonyl (C=O) groups is 1. The fourth-order valence-corrected chi connectivity index (χ4v) is 2.21. The number of carbonyl (C=O) groups excluding carboxylic acids is 1. The van der Waals surface area contributed by atoms with E-state index in [-0.39, 0.29) is 5.91 Å². The van der Waals surface area contributed by atoms with Crippen LogP contribution in [0.25, 0.3) is 0 Å². The van der Waals surface area contributed by atoms with Gasteiger partial charge >= 0.3 is 0 Å². The molecule has 0 spiro atoms. The Balaban J connectivity index is 3.95. The molecule has 0 aliphatic carbocycles.